The van der Waals surface area contributed by atoms with Gasteiger partial charge in [0.2, 0.25) is 0 Å². The summed E-state index contributed by atoms with van der Waals surface area (Å²) in [5.41, 5.74) is 7.39. The maximum atomic E-state index is 13.3. The molecule has 2 N–H and O–H groups in total. The molecule has 15 heavy (non-hydrogen) atoms. The van der Waals surface area contributed by atoms with Crippen LogP contribution in [-0.4, -0.2) is 4.98 Å². The average Bonchev–Trinajstić information content (AvgIpc) is 2.20. The van der Waals surface area contributed by atoms with E-state index in [-0.39, 0.29) is 5.56 Å². The first-order valence-corrected chi connectivity index (χ1v) is 4.38. The zero-order valence-electron chi connectivity index (χ0n) is 8.08. The molecule has 0 aliphatic rings. The monoisotopic (exact) mass is 201 g/mol. The molecule has 0 aliphatic heterocycles. The number of hydrogen-bond acceptors (Lipinski definition) is 3. The molecule has 3 nitrogen and oxygen atoms in total. The number of nitrogens with zero attached hydrogens (tertiary/aromatic N) is 2. The van der Waals surface area contributed by atoms with Crippen LogP contribution in [0.2, 0.25) is 0 Å². The van der Waals surface area contributed by atoms with E-state index in [2.05, 4.69) is 4.98 Å². The lowest BCUT2D eigenvalue weighted by Crippen LogP contribution is -1.95. The van der Waals surface area contributed by atoms with Gasteiger partial charge in [-0.25, -0.2) is 4.39 Å². The zero-order chi connectivity index (χ0) is 11.0. The van der Waals surface area contributed by atoms with Crippen LogP contribution in [0.3, 0.4) is 0 Å². The van der Waals surface area contributed by atoms with Crippen LogP contribution in [0.1, 0.15) is 11.3 Å². The third-order valence-electron chi connectivity index (χ3n) is 2.25. The third-order valence-corrected chi connectivity index (χ3v) is 2.25. The molecule has 0 saturated carbocycles. The van der Waals surface area contributed by atoms with Crippen LogP contribution in [0.15, 0.2) is 18.2 Å². The van der Waals surface area contributed by atoms with Crippen LogP contribution in [0.4, 0.5) is 10.1 Å². The van der Waals surface area contributed by atoms with E-state index in [0.717, 1.165) is 0 Å². The topological polar surface area (TPSA) is 62.7 Å². The van der Waals surface area contributed by atoms with Crippen molar-refractivity contribution >= 4 is 16.6 Å². The molecule has 74 valence electrons. The summed E-state index contributed by atoms with van der Waals surface area (Å²) >= 11 is 0. The Morgan fingerprint density at radius 1 is 1.40 bits per heavy atom. The molecular formula is C11H8FN3. The summed E-state index contributed by atoms with van der Waals surface area (Å²) in [5, 5.41) is 9.34. The van der Waals surface area contributed by atoms with E-state index in [4.69, 9.17) is 11.0 Å². The van der Waals surface area contributed by atoms with Crippen molar-refractivity contribution in [3.05, 3.63) is 35.3 Å². The van der Waals surface area contributed by atoms with Gasteiger partial charge in [-0.05, 0) is 19.1 Å². The first-order chi connectivity index (χ1) is 7.11. The van der Waals surface area contributed by atoms with Crippen LogP contribution >= 0.6 is 0 Å². The number of aromatic nitrogens is 1. The molecule has 0 amide bonds. The Labute approximate surface area is 86.0 Å². The number of rotatable bonds is 0. The number of nitrogen functional groups attached to an aromatic ring is 1. The van der Waals surface area contributed by atoms with Crippen molar-refractivity contribution in [2.45, 2.75) is 6.92 Å². The Morgan fingerprint density at radius 3 is 2.80 bits per heavy atom. The van der Waals surface area contributed by atoms with Gasteiger partial charge >= 0.3 is 0 Å². The number of pyridine rings is 1. The fourth-order valence-corrected chi connectivity index (χ4v) is 1.39. The highest BCUT2D eigenvalue weighted by Crippen LogP contribution is 2.21. The van der Waals surface area contributed by atoms with Gasteiger partial charge in [0.15, 0.2) is 0 Å². The molecule has 0 atom stereocenters. The normalized spacial score (nSPS) is 10.2. The van der Waals surface area contributed by atoms with Gasteiger partial charge in [-0.2, -0.15) is 5.26 Å². The molecule has 1 heterocycles. The van der Waals surface area contributed by atoms with E-state index >= 15 is 0 Å². The van der Waals surface area contributed by atoms with E-state index in [1.54, 1.807) is 19.1 Å². The first-order valence-electron chi connectivity index (χ1n) is 4.38. The van der Waals surface area contributed by atoms with Crippen LogP contribution in [0.5, 0.6) is 0 Å². The Bertz CT molecular complexity index is 584. The summed E-state index contributed by atoms with van der Waals surface area (Å²) in [6.07, 6.45) is 0. The second-order valence-corrected chi connectivity index (χ2v) is 3.30. The number of fused-ring (bicyclic) bond motifs is 1. The minimum atomic E-state index is -0.554. The molecule has 0 aliphatic carbocycles. The van der Waals surface area contributed by atoms with E-state index in [0.29, 0.717) is 22.3 Å². The van der Waals surface area contributed by atoms with Crippen molar-refractivity contribution in [2.24, 2.45) is 0 Å². The maximum Gasteiger partial charge on any atom is 0.143 e. The number of aryl methyl sites for hydroxylation is 1. The van der Waals surface area contributed by atoms with Crippen LogP contribution in [0, 0.1) is 24.1 Å². The summed E-state index contributed by atoms with van der Waals surface area (Å²) in [6.45, 7) is 1.75. The van der Waals surface area contributed by atoms with Crippen LogP contribution in [0.25, 0.3) is 10.9 Å². The molecule has 1 aromatic carbocycles. The van der Waals surface area contributed by atoms with E-state index < -0.39 is 5.82 Å². The van der Waals surface area contributed by atoms with Crippen molar-refractivity contribution < 1.29 is 4.39 Å². The fourth-order valence-electron chi connectivity index (χ4n) is 1.39. The van der Waals surface area contributed by atoms with Gasteiger partial charge in [0.05, 0.1) is 22.5 Å². The maximum absolute atomic E-state index is 13.3. The molecule has 2 rings (SSSR count). The average molecular weight is 201 g/mol. The molecule has 0 unspecified atom stereocenters. The number of nitrogens with two attached hydrogens (primary N) is 1. The number of hydrogen-bond donors (Lipinski definition) is 1. The fraction of sp³-hybridized carbons (Fsp3) is 0.0909. The highest BCUT2D eigenvalue weighted by molar-refractivity contribution is 5.83. The van der Waals surface area contributed by atoms with Crippen molar-refractivity contribution in [1.82, 2.24) is 4.98 Å². The van der Waals surface area contributed by atoms with Crippen molar-refractivity contribution in [2.75, 3.05) is 5.73 Å². The predicted octanol–water partition coefficient (Wildman–Crippen LogP) is 2.14. The van der Waals surface area contributed by atoms with Gasteiger partial charge in [0.1, 0.15) is 11.9 Å². The second kappa shape index (κ2) is 3.21. The van der Waals surface area contributed by atoms with Gasteiger partial charge in [0, 0.05) is 11.5 Å². The van der Waals surface area contributed by atoms with E-state index in [1.807, 2.05) is 0 Å². The molecule has 0 saturated heterocycles. The standard InChI is InChI=1S/C11H8FN3/c1-6-10(14)3-7-2-8(5-13)9(12)4-11(7)15-6/h2-4H,14H2,1H3. The summed E-state index contributed by atoms with van der Waals surface area (Å²) < 4.78 is 13.3. The summed E-state index contributed by atoms with van der Waals surface area (Å²) in [4.78, 5) is 4.14. The van der Waals surface area contributed by atoms with Crippen LogP contribution < -0.4 is 5.73 Å². The van der Waals surface area contributed by atoms with Gasteiger partial charge in [0.25, 0.3) is 0 Å². The lowest BCUT2D eigenvalue weighted by Gasteiger charge is -2.03. The van der Waals surface area contributed by atoms with Gasteiger partial charge in [-0.1, -0.05) is 0 Å². The zero-order valence-corrected chi connectivity index (χ0v) is 8.08. The minimum absolute atomic E-state index is 0.00699. The quantitative estimate of drug-likeness (QED) is 0.710. The first kappa shape index (κ1) is 9.41. The molecule has 0 radical (unpaired) electrons. The SMILES string of the molecule is Cc1nc2cc(F)c(C#N)cc2cc1N. The smallest absolute Gasteiger partial charge is 0.143 e. The summed E-state index contributed by atoms with van der Waals surface area (Å²) in [7, 11) is 0. The van der Waals surface area contributed by atoms with Crippen molar-refractivity contribution in [3.8, 4) is 6.07 Å². The number of anilines is 1. The molecule has 1 aromatic heterocycles. The van der Waals surface area contributed by atoms with E-state index in [9.17, 15) is 4.39 Å². The highest BCUT2D eigenvalue weighted by Gasteiger charge is 2.06. The summed E-state index contributed by atoms with van der Waals surface area (Å²) in [5.74, 6) is -0.554. The predicted molar refractivity (Wildman–Crippen MR) is 55.6 cm³/mol. The second-order valence-electron chi connectivity index (χ2n) is 3.30. The van der Waals surface area contributed by atoms with Crippen LogP contribution in [-0.2, 0) is 0 Å². The minimum Gasteiger partial charge on any atom is -0.397 e. The van der Waals surface area contributed by atoms with Gasteiger partial charge < -0.3 is 5.73 Å². The summed E-state index contributed by atoms with van der Waals surface area (Å²) in [6, 6.07) is 6.17. The van der Waals surface area contributed by atoms with Crippen molar-refractivity contribution in [1.29, 1.82) is 5.26 Å². The number of nitriles is 1. The lowest BCUT2D eigenvalue weighted by molar-refractivity contribution is 0.625. The number of benzene rings is 1. The molecule has 0 spiro atoms. The van der Waals surface area contributed by atoms with Gasteiger partial charge in [-0.15, -0.1) is 0 Å². The third kappa shape index (κ3) is 1.48. The molecule has 2 aromatic rings. The Kier molecular flexibility index (Phi) is 2.01. The highest BCUT2D eigenvalue weighted by atomic mass is 19.1. The van der Waals surface area contributed by atoms with E-state index in [1.165, 1.54) is 12.1 Å². The Morgan fingerprint density at radius 2 is 2.13 bits per heavy atom. The molecule has 0 bridgehead atoms. The molecular weight excluding hydrogens is 193 g/mol. The largest absolute Gasteiger partial charge is 0.397 e. The molecule has 0 fully saturated rings. The number of halogens is 1. The Hall–Kier alpha value is -2.15. The van der Waals surface area contributed by atoms with Gasteiger partial charge in [-0.3, -0.25) is 4.98 Å². The molecule has 4 heteroatoms. The Balaban J connectivity index is 2.84. The van der Waals surface area contributed by atoms with Crippen molar-refractivity contribution in [3.63, 3.8) is 0 Å². The lowest BCUT2D eigenvalue weighted by atomic mass is 10.1.